The van der Waals surface area contributed by atoms with Gasteiger partial charge in [0, 0.05) is 17.5 Å². The molecule has 1 fully saturated rings. The van der Waals surface area contributed by atoms with Crippen LogP contribution in [-0.2, 0) is 15.2 Å². The second-order valence-electron chi connectivity index (χ2n) is 8.70. The first kappa shape index (κ1) is 17.5. The van der Waals surface area contributed by atoms with E-state index in [1.54, 1.807) is 18.1 Å². The number of benzene rings is 1. The van der Waals surface area contributed by atoms with E-state index in [4.69, 9.17) is 4.74 Å². The number of hydrogen-bond donors (Lipinski definition) is 1. The van der Waals surface area contributed by atoms with Gasteiger partial charge in [0.1, 0.15) is 11.5 Å². The van der Waals surface area contributed by atoms with Crippen molar-refractivity contribution in [3.63, 3.8) is 0 Å². The highest BCUT2D eigenvalue weighted by Crippen LogP contribution is 2.57. The standard InChI is InChI=1S/C21H27NO4/c1-12-11-20(2,3)22-18-14(12)9-13(26-4)10-16(18)21(25,19(22)24)15-7-5-6-8-17(15)23/h9-10,12,15,25H,5-8,11H2,1-4H3. The maximum Gasteiger partial charge on any atom is 0.264 e. The third-order valence-corrected chi connectivity index (χ3v) is 6.51. The third kappa shape index (κ3) is 2.13. The molecule has 140 valence electrons. The fraction of sp³-hybridized carbons (Fsp3) is 0.619. The van der Waals surface area contributed by atoms with E-state index in [9.17, 15) is 14.7 Å². The average molecular weight is 357 g/mol. The Kier molecular flexibility index (Phi) is 3.75. The van der Waals surface area contributed by atoms with Crippen molar-refractivity contribution in [1.29, 1.82) is 0 Å². The Morgan fingerprint density at radius 2 is 1.96 bits per heavy atom. The number of nitrogens with zero attached hydrogens (tertiary/aromatic N) is 1. The molecular formula is C21H27NO4. The Labute approximate surface area is 154 Å². The van der Waals surface area contributed by atoms with Gasteiger partial charge in [-0.15, -0.1) is 0 Å². The molecule has 1 aromatic rings. The van der Waals surface area contributed by atoms with E-state index in [1.807, 2.05) is 19.9 Å². The van der Waals surface area contributed by atoms with E-state index >= 15 is 0 Å². The van der Waals surface area contributed by atoms with Crippen molar-refractivity contribution in [2.75, 3.05) is 12.0 Å². The molecule has 0 bridgehead atoms. The van der Waals surface area contributed by atoms with Gasteiger partial charge in [0.2, 0.25) is 0 Å². The van der Waals surface area contributed by atoms with Crippen LogP contribution >= 0.6 is 0 Å². The van der Waals surface area contributed by atoms with Gasteiger partial charge in [-0.1, -0.05) is 13.3 Å². The number of hydrogen-bond acceptors (Lipinski definition) is 4. The molecule has 1 aromatic carbocycles. The molecule has 0 aromatic heterocycles. The van der Waals surface area contributed by atoms with Crippen molar-refractivity contribution in [2.45, 2.75) is 69.9 Å². The zero-order chi connectivity index (χ0) is 18.9. The second-order valence-corrected chi connectivity index (χ2v) is 8.70. The van der Waals surface area contributed by atoms with Gasteiger partial charge >= 0.3 is 0 Å². The van der Waals surface area contributed by atoms with E-state index in [0.717, 1.165) is 30.5 Å². The number of ketones is 1. The van der Waals surface area contributed by atoms with E-state index < -0.39 is 17.1 Å². The minimum Gasteiger partial charge on any atom is -0.497 e. The molecule has 1 aliphatic carbocycles. The third-order valence-electron chi connectivity index (χ3n) is 6.51. The average Bonchev–Trinajstić information content (AvgIpc) is 2.82. The molecule has 3 aliphatic rings. The summed E-state index contributed by atoms with van der Waals surface area (Å²) >= 11 is 0. The number of carbonyl (C=O) groups is 2. The minimum atomic E-state index is -1.78. The fourth-order valence-electron chi connectivity index (χ4n) is 5.34. The van der Waals surface area contributed by atoms with Gasteiger partial charge < -0.3 is 14.7 Å². The van der Waals surface area contributed by atoms with Gasteiger partial charge in [0.25, 0.3) is 5.91 Å². The zero-order valence-electron chi connectivity index (χ0n) is 16.0. The maximum absolute atomic E-state index is 13.6. The Morgan fingerprint density at radius 1 is 1.23 bits per heavy atom. The van der Waals surface area contributed by atoms with Crippen LogP contribution in [-0.4, -0.2) is 29.4 Å². The largest absolute Gasteiger partial charge is 0.497 e. The number of Topliss-reactive ketones (excluding diaryl/α,β-unsaturated/α-hetero) is 1. The maximum atomic E-state index is 13.6. The van der Waals surface area contributed by atoms with Crippen LogP contribution in [0.15, 0.2) is 12.1 Å². The van der Waals surface area contributed by atoms with Crippen molar-refractivity contribution in [3.8, 4) is 5.75 Å². The number of amides is 1. The summed E-state index contributed by atoms with van der Waals surface area (Å²) in [6.45, 7) is 6.21. The summed E-state index contributed by atoms with van der Waals surface area (Å²) < 4.78 is 5.46. The summed E-state index contributed by atoms with van der Waals surface area (Å²) in [7, 11) is 1.59. The van der Waals surface area contributed by atoms with E-state index in [2.05, 4.69) is 6.92 Å². The highest BCUT2D eigenvalue weighted by atomic mass is 16.5. The molecule has 3 atom stereocenters. The summed E-state index contributed by atoms with van der Waals surface area (Å²) in [4.78, 5) is 28.0. The fourth-order valence-corrected chi connectivity index (χ4v) is 5.34. The van der Waals surface area contributed by atoms with Crippen LogP contribution in [0.3, 0.4) is 0 Å². The van der Waals surface area contributed by atoms with Crippen LogP contribution < -0.4 is 9.64 Å². The van der Waals surface area contributed by atoms with Crippen molar-refractivity contribution >= 4 is 17.4 Å². The van der Waals surface area contributed by atoms with Crippen LogP contribution in [0.4, 0.5) is 5.69 Å². The monoisotopic (exact) mass is 357 g/mol. The predicted molar refractivity (Wildman–Crippen MR) is 98.5 cm³/mol. The van der Waals surface area contributed by atoms with Gasteiger partial charge in [-0.25, -0.2) is 0 Å². The van der Waals surface area contributed by atoms with E-state index in [-0.39, 0.29) is 17.6 Å². The van der Waals surface area contributed by atoms with Gasteiger partial charge in [0.05, 0.1) is 18.7 Å². The van der Waals surface area contributed by atoms with Crippen molar-refractivity contribution in [2.24, 2.45) is 5.92 Å². The highest BCUT2D eigenvalue weighted by Gasteiger charge is 2.61. The Morgan fingerprint density at radius 3 is 2.62 bits per heavy atom. The highest BCUT2D eigenvalue weighted by molar-refractivity contribution is 6.11. The van der Waals surface area contributed by atoms with Gasteiger partial charge in [-0.3, -0.25) is 9.59 Å². The van der Waals surface area contributed by atoms with E-state index in [0.29, 0.717) is 24.2 Å². The molecule has 4 rings (SSSR count). The summed E-state index contributed by atoms with van der Waals surface area (Å²) in [6.07, 6.45) is 3.48. The molecule has 1 N–H and O–H groups in total. The topological polar surface area (TPSA) is 66.8 Å². The van der Waals surface area contributed by atoms with Gasteiger partial charge in [-0.05, 0) is 56.7 Å². The number of aliphatic hydroxyl groups is 1. The molecule has 0 saturated heterocycles. The molecule has 3 unspecified atom stereocenters. The molecule has 26 heavy (non-hydrogen) atoms. The van der Waals surface area contributed by atoms with Gasteiger partial charge in [-0.2, -0.15) is 0 Å². The number of rotatable bonds is 2. The number of anilines is 1. The lowest BCUT2D eigenvalue weighted by molar-refractivity contribution is -0.152. The Balaban J connectivity index is 1.99. The number of ether oxygens (including phenoxy) is 1. The predicted octanol–water partition coefficient (Wildman–Crippen LogP) is 3.27. The lowest BCUT2D eigenvalue weighted by Gasteiger charge is -2.44. The summed E-state index contributed by atoms with van der Waals surface area (Å²) in [6, 6.07) is 3.72. The normalized spacial score (nSPS) is 32.6. The zero-order valence-corrected chi connectivity index (χ0v) is 16.0. The molecule has 5 nitrogen and oxygen atoms in total. The first-order valence-electron chi connectivity index (χ1n) is 9.54. The first-order chi connectivity index (χ1) is 12.2. The first-order valence-corrected chi connectivity index (χ1v) is 9.54. The van der Waals surface area contributed by atoms with Crippen LogP contribution in [0.2, 0.25) is 0 Å². The summed E-state index contributed by atoms with van der Waals surface area (Å²) in [5, 5.41) is 11.7. The quantitative estimate of drug-likeness (QED) is 0.882. The van der Waals surface area contributed by atoms with Crippen LogP contribution in [0.5, 0.6) is 5.75 Å². The van der Waals surface area contributed by atoms with E-state index in [1.165, 1.54) is 0 Å². The minimum absolute atomic E-state index is 0.00521. The molecule has 0 radical (unpaired) electrons. The molecule has 2 heterocycles. The smallest absolute Gasteiger partial charge is 0.264 e. The summed E-state index contributed by atoms with van der Waals surface area (Å²) in [5.41, 5.74) is 0.176. The lowest BCUT2D eigenvalue weighted by atomic mass is 9.72. The Bertz CT molecular complexity index is 799. The number of carbonyl (C=O) groups excluding carboxylic acids is 2. The molecule has 2 aliphatic heterocycles. The summed E-state index contributed by atoms with van der Waals surface area (Å²) in [5.74, 6) is -0.158. The van der Waals surface area contributed by atoms with Crippen molar-refractivity contribution < 1.29 is 19.4 Å². The Hall–Kier alpha value is -1.88. The van der Waals surface area contributed by atoms with Crippen LogP contribution in [0.1, 0.15) is 69.9 Å². The lowest BCUT2D eigenvalue weighted by Crippen LogP contribution is -2.56. The van der Waals surface area contributed by atoms with Crippen LogP contribution in [0.25, 0.3) is 0 Å². The van der Waals surface area contributed by atoms with Crippen molar-refractivity contribution in [3.05, 3.63) is 23.3 Å². The SMILES string of the molecule is COc1cc2c3c(c1)C(O)(C1CCCCC1=O)C(=O)N3C(C)(C)CC2C. The van der Waals surface area contributed by atoms with Crippen molar-refractivity contribution in [1.82, 2.24) is 0 Å². The number of methoxy groups -OCH3 is 1. The molecular weight excluding hydrogens is 330 g/mol. The molecule has 1 saturated carbocycles. The second kappa shape index (κ2) is 5.56. The van der Waals surface area contributed by atoms with Crippen LogP contribution in [0, 0.1) is 5.92 Å². The molecule has 1 amide bonds. The molecule has 0 spiro atoms. The molecule has 5 heteroatoms. The van der Waals surface area contributed by atoms with Gasteiger partial charge in [0.15, 0.2) is 5.60 Å².